The van der Waals surface area contributed by atoms with E-state index in [1.54, 1.807) is 6.07 Å². The van der Waals surface area contributed by atoms with Gasteiger partial charge in [-0.2, -0.15) is 0 Å². The van der Waals surface area contributed by atoms with Gasteiger partial charge in [0.25, 0.3) is 0 Å². The number of hydrogen-bond acceptors (Lipinski definition) is 3. The van der Waals surface area contributed by atoms with Crippen molar-refractivity contribution in [3.63, 3.8) is 0 Å². The molecule has 1 amide bonds. The number of carbonyl (C=O) groups excluding carboxylic acids is 1. The van der Waals surface area contributed by atoms with E-state index in [2.05, 4.69) is 10.2 Å². The molecule has 0 aliphatic heterocycles. The van der Waals surface area contributed by atoms with Crippen LogP contribution in [0.1, 0.15) is 30.5 Å². The Morgan fingerprint density at radius 1 is 1.19 bits per heavy atom. The van der Waals surface area contributed by atoms with Gasteiger partial charge in [0, 0.05) is 13.0 Å². The van der Waals surface area contributed by atoms with Crippen LogP contribution in [0.25, 0.3) is 0 Å². The molecule has 2 aromatic rings. The quantitative estimate of drug-likeness (QED) is 0.745. The number of hydrogen-bond donors (Lipinski definition) is 1. The highest BCUT2D eigenvalue weighted by Crippen LogP contribution is 2.21. The summed E-state index contributed by atoms with van der Waals surface area (Å²) in [4.78, 5) is 14.2. The molecule has 0 aliphatic carbocycles. The number of rotatable bonds is 9. The molecule has 1 N–H and O–H groups in total. The van der Waals surface area contributed by atoms with Crippen LogP contribution in [0.4, 0.5) is 4.39 Å². The van der Waals surface area contributed by atoms with Gasteiger partial charge in [-0.05, 0) is 62.8 Å². The maximum absolute atomic E-state index is 13.2. The molecular formula is C21H27FN2O2. The zero-order chi connectivity index (χ0) is 18.9. The second-order valence-corrected chi connectivity index (χ2v) is 6.42. The Hall–Kier alpha value is -2.40. The zero-order valence-corrected chi connectivity index (χ0v) is 15.7. The summed E-state index contributed by atoms with van der Waals surface area (Å²) in [5.41, 5.74) is 1.94. The van der Waals surface area contributed by atoms with Gasteiger partial charge in [-0.3, -0.25) is 4.79 Å². The van der Waals surface area contributed by atoms with Gasteiger partial charge in [-0.25, -0.2) is 4.39 Å². The highest BCUT2D eigenvalue weighted by Gasteiger charge is 2.15. The third kappa shape index (κ3) is 6.15. The molecule has 2 rings (SSSR count). The Morgan fingerprint density at radius 3 is 2.54 bits per heavy atom. The van der Waals surface area contributed by atoms with Gasteiger partial charge in [0.1, 0.15) is 11.6 Å². The summed E-state index contributed by atoms with van der Waals surface area (Å²) in [7, 11) is 3.97. The van der Waals surface area contributed by atoms with Crippen LogP contribution < -0.4 is 10.1 Å². The summed E-state index contributed by atoms with van der Waals surface area (Å²) in [5.74, 6) is 0.533. The highest BCUT2D eigenvalue weighted by molar-refractivity contribution is 5.76. The first-order valence-electron chi connectivity index (χ1n) is 8.90. The number of ether oxygens (including phenoxy) is 1. The highest BCUT2D eigenvalue weighted by atomic mass is 19.1. The number of aryl methyl sites for hydroxylation is 1. The first-order valence-corrected chi connectivity index (χ1v) is 8.90. The predicted octanol–water partition coefficient (Wildman–Crippen LogP) is 3.58. The molecule has 0 fully saturated rings. The van der Waals surface area contributed by atoms with E-state index in [9.17, 15) is 9.18 Å². The lowest BCUT2D eigenvalue weighted by atomic mass is 10.1. The lowest BCUT2D eigenvalue weighted by Crippen LogP contribution is -2.34. The van der Waals surface area contributed by atoms with Crippen LogP contribution in [-0.4, -0.2) is 38.1 Å². The summed E-state index contributed by atoms with van der Waals surface area (Å²) >= 11 is 0. The fraction of sp³-hybridized carbons (Fsp3) is 0.381. The molecule has 0 saturated carbocycles. The molecular weight excluding hydrogens is 331 g/mol. The van der Waals surface area contributed by atoms with Gasteiger partial charge in [-0.15, -0.1) is 0 Å². The van der Waals surface area contributed by atoms with Crippen LogP contribution in [0.3, 0.4) is 0 Å². The molecule has 0 radical (unpaired) electrons. The van der Waals surface area contributed by atoms with Crippen molar-refractivity contribution in [3.8, 4) is 5.75 Å². The molecule has 140 valence electrons. The summed E-state index contributed by atoms with van der Waals surface area (Å²) in [6.07, 6.45) is 0.867. The molecule has 5 heteroatoms. The summed E-state index contributed by atoms with van der Waals surface area (Å²) in [6, 6.07) is 14.4. The second kappa shape index (κ2) is 9.92. The van der Waals surface area contributed by atoms with Gasteiger partial charge < -0.3 is 15.0 Å². The molecule has 2 aromatic carbocycles. The number of carbonyl (C=O) groups is 1. The first-order chi connectivity index (χ1) is 12.5. The van der Waals surface area contributed by atoms with Crippen molar-refractivity contribution >= 4 is 5.91 Å². The van der Waals surface area contributed by atoms with Crippen molar-refractivity contribution < 1.29 is 13.9 Å². The van der Waals surface area contributed by atoms with Crippen LogP contribution in [0.2, 0.25) is 0 Å². The summed E-state index contributed by atoms with van der Waals surface area (Å²) < 4.78 is 18.7. The van der Waals surface area contributed by atoms with Crippen LogP contribution in [0.5, 0.6) is 5.75 Å². The van der Waals surface area contributed by atoms with E-state index in [1.807, 2.05) is 51.4 Å². The smallest absolute Gasteiger partial charge is 0.220 e. The molecule has 4 nitrogen and oxygen atoms in total. The van der Waals surface area contributed by atoms with E-state index in [-0.39, 0.29) is 17.8 Å². The van der Waals surface area contributed by atoms with Crippen molar-refractivity contribution in [1.29, 1.82) is 0 Å². The predicted molar refractivity (Wildman–Crippen MR) is 102 cm³/mol. The Bertz CT molecular complexity index is 701. The SMILES string of the molecule is CCOc1ccc(C(CNC(=O)CCc2cccc(F)c2)N(C)C)cc1. The zero-order valence-electron chi connectivity index (χ0n) is 15.7. The molecule has 0 bridgehead atoms. The monoisotopic (exact) mass is 358 g/mol. The first kappa shape index (κ1) is 19.9. The molecule has 26 heavy (non-hydrogen) atoms. The molecule has 0 saturated heterocycles. The Morgan fingerprint density at radius 2 is 1.92 bits per heavy atom. The van der Waals surface area contributed by atoms with E-state index < -0.39 is 0 Å². The Balaban J connectivity index is 1.88. The van der Waals surface area contributed by atoms with Crippen LogP contribution in [-0.2, 0) is 11.2 Å². The van der Waals surface area contributed by atoms with E-state index in [1.165, 1.54) is 12.1 Å². The normalized spacial score (nSPS) is 12.0. The fourth-order valence-electron chi connectivity index (χ4n) is 2.80. The minimum atomic E-state index is -0.272. The van der Waals surface area contributed by atoms with Crippen molar-refractivity contribution in [2.75, 3.05) is 27.2 Å². The largest absolute Gasteiger partial charge is 0.494 e. The lowest BCUT2D eigenvalue weighted by Gasteiger charge is -2.25. The van der Waals surface area contributed by atoms with E-state index >= 15 is 0 Å². The van der Waals surface area contributed by atoms with Gasteiger partial charge in [0.15, 0.2) is 0 Å². The van der Waals surface area contributed by atoms with Crippen LogP contribution in [0.15, 0.2) is 48.5 Å². The van der Waals surface area contributed by atoms with Crippen LogP contribution in [0, 0.1) is 5.82 Å². The van der Waals surface area contributed by atoms with E-state index in [0.29, 0.717) is 26.0 Å². The number of nitrogens with zero attached hydrogens (tertiary/aromatic N) is 1. The topological polar surface area (TPSA) is 41.6 Å². The number of nitrogens with one attached hydrogen (secondary N) is 1. The van der Waals surface area contributed by atoms with Crippen molar-refractivity contribution in [2.24, 2.45) is 0 Å². The lowest BCUT2D eigenvalue weighted by molar-refractivity contribution is -0.121. The molecule has 0 spiro atoms. The summed E-state index contributed by atoms with van der Waals surface area (Å²) in [5, 5.41) is 2.98. The average molecular weight is 358 g/mol. The second-order valence-electron chi connectivity index (χ2n) is 6.42. The van der Waals surface area contributed by atoms with Gasteiger partial charge in [-0.1, -0.05) is 24.3 Å². The summed E-state index contributed by atoms with van der Waals surface area (Å²) in [6.45, 7) is 3.11. The third-order valence-corrected chi connectivity index (χ3v) is 4.22. The number of benzene rings is 2. The minimum absolute atomic E-state index is 0.0351. The number of amides is 1. The average Bonchev–Trinajstić information content (AvgIpc) is 2.61. The third-order valence-electron chi connectivity index (χ3n) is 4.22. The van der Waals surface area contributed by atoms with E-state index in [0.717, 1.165) is 16.9 Å². The number of likely N-dealkylation sites (N-methyl/N-ethyl adjacent to an activating group) is 1. The molecule has 0 aliphatic rings. The van der Waals surface area contributed by atoms with Gasteiger partial charge in [0.2, 0.25) is 5.91 Å². The van der Waals surface area contributed by atoms with Crippen molar-refractivity contribution in [1.82, 2.24) is 10.2 Å². The van der Waals surface area contributed by atoms with Gasteiger partial charge >= 0.3 is 0 Å². The fourth-order valence-corrected chi connectivity index (χ4v) is 2.80. The van der Waals surface area contributed by atoms with Crippen LogP contribution >= 0.6 is 0 Å². The van der Waals surface area contributed by atoms with Crippen molar-refractivity contribution in [3.05, 3.63) is 65.5 Å². The Kier molecular flexibility index (Phi) is 7.60. The molecule has 1 unspecified atom stereocenters. The Labute approximate surface area is 155 Å². The maximum atomic E-state index is 13.2. The minimum Gasteiger partial charge on any atom is -0.494 e. The maximum Gasteiger partial charge on any atom is 0.220 e. The molecule has 0 aromatic heterocycles. The van der Waals surface area contributed by atoms with E-state index in [4.69, 9.17) is 4.74 Å². The molecule has 1 atom stereocenters. The van der Waals surface area contributed by atoms with Gasteiger partial charge in [0.05, 0.1) is 12.6 Å². The number of halogens is 1. The van der Waals surface area contributed by atoms with Crippen molar-refractivity contribution in [2.45, 2.75) is 25.8 Å². The molecule has 0 heterocycles. The standard InChI is InChI=1S/C21H27FN2O2/c1-4-26-19-11-9-17(10-12-19)20(24(2)3)15-23-21(25)13-8-16-6-5-7-18(22)14-16/h5-7,9-12,14,20H,4,8,13,15H2,1-3H3,(H,23,25).